The first-order chi connectivity index (χ1) is 13.6. The number of piperidine rings is 1. The molecule has 2 aliphatic heterocycles. The fourth-order valence-electron chi connectivity index (χ4n) is 4.00. The van der Waals surface area contributed by atoms with Crippen LogP contribution in [0.5, 0.6) is 0 Å². The molecule has 0 saturated carbocycles. The highest BCUT2D eigenvalue weighted by molar-refractivity contribution is 5.80. The second-order valence-electron chi connectivity index (χ2n) is 7.44. The van der Waals surface area contributed by atoms with Gasteiger partial charge in [-0.05, 0) is 31.0 Å². The Morgan fingerprint density at radius 1 is 1.00 bits per heavy atom. The predicted octanol–water partition coefficient (Wildman–Crippen LogP) is 0.740. The van der Waals surface area contributed by atoms with Crippen molar-refractivity contribution in [3.05, 3.63) is 46.9 Å². The number of hydrogen-bond acceptors (Lipinski definition) is 6. The van der Waals surface area contributed by atoms with Gasteiger partial charge >= 0.3 is 0 Å². The van der Waals surface area contributed by atoms with Crippen LogP contribution in [-0.2, 0) is 11.8 Å². The van der Waals surface area contributed by atoms with Crippen molar-refractivity contribution < 1.29 is 4.79 Å². The van der Waals surface area contributed by atoms with E-state index in [-0.39, 0.29) is 17.4 Å². The summed E-state index contributed by atoms with van der Waals surface area (Å²) >= 11 is 0. The minimum Gasteiger partial charge on any atom is -0.354 e. The number of amides is 1. The van der Waals surface area contributed by atoms with Crippen LogP contribution in [0.15, 0.2) is 41.3 Å². The Labute approximate surface area is 164 Å². The van der Waals surface area contributed by atoms with Crippen molar-refractivity contribution in [1.29, 1.82) is 0 Å². The van der Waals surface area contributed by atoms with E-state index in [0.717, 1.165) is 57.2 Å². The van der Waals surface area contributed by atoms with Gasteiger partial charge in [0.05, 0.1) is 5.92 Å². The first-order valence-corrected chi connectivity index (χ1v) is 9.86. The molecule has 28 heavy (non-hydrogen) atoms. The van der Waals surface area contributed by atoms with Crippen LogP contribution in [0, 0.1) is 5.92 Å². The van der Waals surface area contributed by atoms with Crippen molar-refractivity contribution in [3.63, 3.8) is 0 Å². The molecule has 4 heterocycles. The highest BCUT2D eigenvalue weighted by Crippen LogP contribution is 2.23. The van der Waals surface area contributed by atoms with E-state index in [1.54, 1.807) is 19.3 Å². The molecule has 0 N–H and O–H groups in total. The summed E-state index contributed by atoms with van der Waals surface area (Å²) < 4.78 is 1.34. The lowest BCUT2D eigenvalue weighted by Gasteiger charge is -2.39. The Morgan fingerprint density at radius 2 is 1.82 bits per heavy atom. The SMILES string of the molecule is Cn1nc(N2CCC[C@@H](C(=O)N3CCN(c4ccccn4)CC3)C2)ccc1=O. The van der Waals surface area contributed by atoms with Crippen LogP contribution in [0.2, 0.25) is 0 Å². The van der Waals surface area contributed by atoms with E-state index in [2.05, 4.69) is 19.9 Å². The molecule has 0 spiro atoms. The molecule has 1 amide bonds. The molecule has 0 aromatic carbocycles. The third-order valence-corrected chi connectivity index (χ3v) is 5.61. The maximum absolute atomic E-state index is 13.1. The number of aryl methyl sites for hydroxylation is 1. The number of hydrogen-bond donors (Lipinski definition) is 0. The van der Waals surface area contributed by atoms with E-state index >= 15 is 0 Å². The number of rotatable bonds is 3. The molecule has 2 aromatic rings. The van der Waals surface area contributed by atoms with Gasteiger partial charge < -0.3 is 14.7 Å². The quantitative estimate of drug-likeness (QED) is 0.780. The maximum atomic E-state index is 13.1. The standard InChI is InChI=1S/C20H26N6O2/c1-23-19(27)8-7-18(22-23)26-10-4-5-16(15-26)20(28)25-13-11-24(12-14-25)17-6-2-3-9-21-17/h2-3,6-9,16H,4-5,10-15H2,1H3/t16-/m1/s1. The fourth-order valence-corrected chi connectivity index (χ4v) is 4.00. The number of nitrogens with zero attached hydrogens (tertiary/aromatic N) is 6. The zero-order chi connectivity index (χ0) is 19.5. The Balaban J connectivity index is 1.37. The van der Waals surface area contributed by atoms with Crippen molar-refractivity contribution in [2.45, 2.75) is 12.8 Å². The molecule has 0 unspecified atom stereocenters. The third kappa shape index (κ3) is 3.85. The van der Waals surface area contributed by atoms with Gasteiger partial charge in [0, 0.05) is 58.6 Å². The van der Waals surface area contributed by atoms with Crippen molar-refractivity contribution in [2.75, 3.05) is 49.1 Å². The topological polar surface area (TPSA) is 74.6 Å². The molecule has 2 fully saturated rings. The molecule has 2 aliphatic rings. The van der Waals surface area contributed by atoms with Gasteiger partial charge in [-0.2, -0.15) is 5.10 Å². The van der Waals surface area contributed by atoms with Crippen LogP contribution >= 0.6 is 0 Å². The summed E-state index contributed by atoms with van der Waals surface area (Å²) in [6.45, 7) is 4.59. The summed E-state index contributed by atoms with van der Waals surface area (Å²) in [4.78, 5) is 35.4. The molecule has 1 atom stereocenters. The smallest absolute Gasteiger partial charge is 0.266 e. The summed E-state index contributed by atoms with van der Waals surface area (Å²) in [5.74, 6) is 1.95. The number of carbonyl (C=O) groups excluding carboxylic acids is 1. The zero-order valence-corrected chi connectivity index (χ0v) is 16.2. The largest absolute Gasteiger partial charge is 0.354 e. The lowest BCUT2D eigenvalue weighted by atomic mass is 9.96. The number of anilines is 2. The Kier molecular flexibility index (Phi) is 5.27. The minimum absolute atomic E-state index is 0.0193. The Bertz CT molecular complexity index is 876. The lowest BCUT2D eigenvalue weighted by molar-refractivity contribution is -0.136. The minimum atomic E-state index is -0.126. The Morgan fingerprint density at radius 3 is 2.54 bits per heavy atom. The van der Waals surface area contributed by atoms with Gasteiger partial charge in [-0.15, -0.1) is 0 Å². The first kappa shape index (κ1) is 18.5. The van der Waals surface area contributed by atoms with Gasteiger partial charge in [0.2, 0.25) is 5.91 Å². The highest BCUT2D eigenvalue weighted by Gasteiger charge is 2.31. The average molecular weight is 382 g/mol. The molecule has 8 heteroatoms. The van der Waals surface area contributed by atoms with E-state index < -0.39 is 0 Å². The number of piperazine rings is 1. The van der Waals surface area contributed by atoms with E-state index in [1.165, 1.54) is 10.7 Å². The van der Waals surface area contributed by atoms with Gasteiger partial charge in [0.15, 0.2) is 0 Å². The molecular formula is C20H26N6O2. The molecule has 8 nitrogen and oxygen atoms in total. The van der Waals surface area contributed by atoms with Crippen LogP contribution in [-0.4, -0.2) is 64.8 Å². The molecule has 4 rings (SSSR count). The van der Waals surface area contributed by atoms with E-state index in [1.807, 2.05) is 23.1 Å². The number of carbonyl (C=O) groups is 1. The molecule has 148 valence electrons. The lowest BCUT2D eigenvalue weighted by Crippen LogP contribution is -2.53. The second kappa shape index (κ2) is 8.00. The summed E-state index contributed by atoms with van der Waals surface area (Å²) in [7, 11) is 1.65. The molecule has 0 aliphatic carbocycles. The van der Waals surface area contributed by atoms with Crippen LogP contribution < -0.4 is 15.4 Å². The van der Waals surface area contributed by atoms with Crippen molar-refractivity contribution >= 4 is 17.5 Å². The van der Waals surface area contributed by atoms with Crippen LogP contribution in [0.25, 0.3) is 0 Å². The van der Waals surface area contributed by atoms with Crippen molar-refractivity contribution in [3.8, 4) is 0 Å². The molecule has 0 radical (unpaired) electrons. The summed E-state index contributed by atoms with van der Waals surface area (Å²) in [6.07, 6.45) is 3.66. The van der Waals surface area contributed by atoms with Gasteiger partial charge in [0.1, 0.15) is 11.6 Å². The van der Waals surface area contributed by atoms with Gasteiger partial charge in [-0.25, -0.2) is 9.67 Å². The molecule has 2 saturated heterocycles. The number of aromatic nitrogens is 3. The van der Waals surface area contributed by atoms with Crippen LogP contribution in [0.4, 0.5) is 11.6 Å². The van der Waals surface area contributed by atoms with E-state index in [4.69, 9.17) is 0 Å². The van der Waals surface area contributed by atoms with Crippen LogP contribution in [0.3, 0.4) is 0 Å². The molecular weight excluding hydrogens is 356 g/mol. The normalized spacial score (nSPS) is 20.3. The third-order valence-electron chi connectivity index (χ3n) is 5.61. The summed E-state index contributed by atoms with van der Waals surface area (Å²) in [6, 6.07) is 9.20. The van der Waals surface area contributed by atoms with E-state index in [9.17, 15) is 9.59 Å². The highest BCUT2D eigenvalue weighted by atomic mass is 16.2. The van der Waals surface area contributed by atoms with Gasteiger partial charge in [-0.3, -0.25) is 9.59 Å². The monoisotopic (exact) mass is 382 g/mol. The van der Waals surface area contributed by atoms with Crippen molar-refractivity contribution in [2.24, 2.45) is 13.0 Å². The molecule has 0 bridgehead atoms. The zero-order valence-electron chi connectivity index (χ0n) is 16.2. The molecule has 2 aromatic heterocycles. The Hall–Kier alpha value is -2.90. The maximum Gasteiger partial charge on any atom is 0.266 e. The fraction of sp³-hybridized carbons (Fsp3) is 0.500. The predicted molar refractivity (Wildman–Crippen MR) is 107 cm³/mol. The average Bonchev–Trinajstić information content (AvgIpc) is 2.76. The van der Waals surface area contributed by atoms with Gasteiger partial charge in [0.25, 0.3) is 5.56 Å². The van der Waals surface area contributed by atoms with E-state index in [0.29, 0.717) is 6.54 Å². The van der Waals surface area contributed by atoms with Gasteiger partial charge in [-0.1, -0.05) is 6.07 Å². The summed E-state index contributed by atoms with van der Waals surface area (Å²) in [5.41, 5.74) is -0.126. The second-order valence-corrected chi connectivity index (χ2v) is 7.44. The van der Waals surface area contributed by atoms with Crippen molar-refractivity contribution in [1.82, 2.24) is 19.7 Å². The number of pyridine rings is 1. The van der Waals surface area contributed by atoms with Crippen LogP contribution in [0.1, 0.15) is 12.8 Å². The first-order valence-electron chi connectivity index (χ1n) is 9.86. The summed E-state index contributed by atoms with van der Waals surface area (Å²) in [5, 5.41) is 4.34.